The van der Waals surface area contributed by atoms with Crippen molar-refractivity contribution in [3.8, 4) is 5.75 Å². The molecule has 0 unspecified atom stereocenters. The highest BCUT2D eigenvalue weighted by Gasteiger charge is 2.29. The Bertz CT molecular complexity index is 1130. The fourth-order valence-electron chi connectivity index (χ4n) is 3.90. The normalized spacial score (nSPS) is 12.8. The first kappa shape index (κ1) is 30.6. The van der Waals surface area contributed by atoms with Crippen LogP contribution in [0.5, 0.6) is 5.75 Å². The van der Waals surface area contributed by atoms with Gasteiger partial charge in [-0.2, -0.15) is 0 Å². The number of phenolic OH excluding ortho intramolecular Hbond substituents is 1. The Labute approximate surface area is 227 Å². The molecule has 0 fully saturated rings. The summed E-state index contributed by atoms with van der Waals surface area (Å²) in [5, 5.41) is 27.4. The van der Waals surface area contributed by atoms with Crippen molar-refractivity contribution in [1.29, 1.82) is 5.41 Å². The van der Waals surface area contributed by atoms with Gasteiger partial charge in [0.1, 0.15) is 23.9 Å². The van der Waals surface area contributed by atoms with Crippen LogP contribution in [0.4, 0.5) is 0 Å². The minimum Gasteiger partial charge on any atom is -0.508 e. The van der Waals surface area contributed by atoms with E-state index in [0.29, 0.717) is 24.9 Å². The molecule has 4 amide bonds. The molecule has 2 rings (SSSR count). The van der Waals surface area contributed by atoms with Gasteiger partial charge < -0.3 is 37.8 Å². The Morgan fingerprint density at radius 1 is 0.795 bits per heavy atom. The Balaban J connectivity index is 2.16. The number of benzene rings is 2. The largest absolute Gasteiger partial charge is 0.508 e. The molecule has 2 aromatic carbocycles. The van der Waals surface area contributed by atoms with Gasteiger partial charge in [-0.3, -0.25) is 24.6 Å². The van der Waals surface area contributed by atoms with Crippen LogP contribution in [-0.2, 0) is 32.0 Å². The topological polar surface area (TPSA) is 213 Å². The van der Waals surface area contributed by atoms with Gasteiger partial charge in [-0.25, -0.2) is 0 Å². The molecule has 3 atom stereocenters. The molecule has 12 nitrogen and oxygen atoms in total. The first-order valence-corrected chi connectivity index (χ1v) is 12.6. The average Bonchev–Trinajstić information content (AvgIpc) is 2.88. The summed E-state index contributed by atoms with van der Waals surface area (Å²) in [7, 11) is 0. The maximum Gasteiger partial charge on any atom is 0.243 e. The second-order valence-corrected chi connectivity index (χ2v) is 9.17. The van der Waals surface area contributed by atoms with E-state index in [1.165, 1.54) is 19.1 Å². The molecule has 0 radical (unpaired) electrons. The summed E-state index contributed by atoms with van der Waals surface area (Å²) in [5.41, 5.74) is 12.3. The minimum absolute atomic E-state index is 0.0646. The van der Waals surface area contributed by atoms with E-state index >= 15 is 0 Å². The van der Waals surface area contributed by atoms with Gasteiger partial charge in [-0.15, -0.1) is 0 Å². The number of hydrogen-bond acceptors (Lipinski definition) is 6. The molecule has 39 heavy (non-hydrogen) atoms. The third-order valence-electron chi connectivity index (χ3n) is 5.88. The summed E-state index contributed by atoms with van der Waals surface area (Å²) in [5.74, 6) is -2.42. The van der Waals surface area contributed by atoms with Crippen molar-refractivity contribution >= 4 is 29.6 Å². The van der Waals surface area contributed by atoms with E-state index in [1.54, 1.807) is 12.1 Å². The highest BCUT2D eigenvalue weighted by molar-refractivity contribution is 5.94. The van der Waals surface area contributed by atoms with Crippen LogP contribution in [-0.4, -0.2) is 59.4 Å². The summed E-state index contributed by atoms with van der Waals surface area (Å²) in [4.78, 5) is 50.5. The van der Waals surface area contributed by atoms with Crippen LogP contribution in [0.15, 0.2) is 54.6 Å². The van der Waals surface area contributed by atoms with Gasteiger partial charge in [-0.05, 0) is 42.5 Å². The lowest BCUT2D eigenvalue weighted by molar-refractivity contribution is -0.133. The zero-order valence-corrected chi connectivity index (χ0v) is 21.9. The van der Waals surface area contributed by atoms with Gasteiger partial charge in [0.25, 0.3) is 0 Å². The highest BCUT2D eigenvalue weighted by Crippen LogP contribution is 2.12. The number of nitrogens with two attached hydrogens (primary N) is 2. The van der Waals surface area contributed by atoms with E-state index < -0.39 is 41.8 Å². The Morgan fingerprint density at radius 3 is 1.95 bits per heavy atom. The molecule has 10 N–H and O–H groups in total. The van der Waals surface area contributed by atoms with Gasteiger partial charge in [0.15, 0.2) is 5.96 Å². The van der Waals surface area contributed by atoms with E-state index in [4.69, 9.17) is 16.9 Å². The van der Waals surface area contributed by atoms with E-state index in [1.807, 2.05) is 30.3 Å². The van der Waals surface area contributed by atoms with Crippen molar-refractivity contribution in [1.82, 2.24) is 21.3 Å². The lowest BCUT2D eigenvalue weighted by Crippen LogP contribution is -2.57. The Hall–Kier alpha value is -4.61. The number of nitrogens with one attached hydrogen (secondary N) is 5. The van der Waals surface area contributed by atoms with Gasteiger partial charge in [0.05, 0.1) is 0 Å². The number of primary amides is 1. The van der Waals surface area contributed by atoms with Crippen LogP contribution >= 0.6 is 0 Å². The fraction of sp³-hybridized carbons (Fsp3) is 0.370. The molecule has 0 aromatic heterocycles. The fourth-order valence-corrected chi connectivity index (χ4v) is 3.90. The molecule has 0 saturated heterocycles. The molecule has 0 aliphatic rings. The monoisotopic (exact) mass is 539 g/mol. The molecule has 2 aromatic rings. The summed E-state index contributed by atoms with van der Waals surface area (Å²) in [6.07, 6.45) is 1.58. The number of rotatable bonds is 15. The van der Waals surface area contributed by atoms with Crippen molar-refractivity contribution in [2.24, 2.45) is 11.5 Å². The molecule has 0 aliphatic carbocycles. The maximum atomic E-state index is 13.3. The van der Waals surface area contributed by atoms with Gasteiger partial charge in [0.2, 0.25) is 23.6 Å². The summed E-state index contributed by atoms with van der Waals surface area (Å²) < 4.78 is 0. The number of aromatic hydroxyl groups is 1. The number of guanidine groups is 1. The third-order valence-corrected chi connectivity index (χ3v) is 5.88. The van der Waals surface area contributed by atoms with E-state index in [9.17, 15) is 24.3 Å². The summed E-state index contributed by atoms with van der Waals surface area (Å²) >= 11 is 0. The van der Waals surface area contributed by atoms with Crippen molar-refractivity contribution in [3.05, 3.63) is 65.7 Å². The lowest BCUT2D eigenvalue weighted by Gasteiger charge is -2.25. The van der Waals surface area contributed by atoms with Crippen molar-refractivity contribution in [2.75, 3.05) is 6.54 Å². The van der Waals surface area contributed by atoms with Crippen molar-refractivity contribution < 1.29 is 24.3 Å². The lowest BCUT2D eigenvalue weighted by atomic mass is 10.0. The predicted molar refractivity (Wildman–Crippen MR) is 146 cm³/mol. The van der Waals surface area contributed by atoms with Crippen LogP contribution in [0.3, 0.4) is 0 Å². The van der Waals surface area contributed by atoms with Crippen LogP contribution in [0.1, 0.15) is 37.3 Å². The average molecular weight is 540 g/mol. The van der Waals surface area contributed by atoms with E-state index in [0.717, 1.165) is 5.56 Å². The number of unbranched alkanes of at least 4 members (excludes halogenated alkanes) is 1. The maximum absolute atomic E-state index is 13.3. The highest BCUT2D eigenvalue weighted by atomic mass is 16.3. The quantitative estimate of drug-likeness (QED) is 0.0865. The van der Waals surface area contributed by atoms with E-state index in [2.05, 4.69) is 21.3 Å². The van der Waals surface area contributed by atoms with Crippen LogP contribution < -0.4 is 32.7 Å². The van der Waals surface area contributed by atoms with E-state index in [-0.39, 0.29) is 31.0 Å². The summed E-state index contributed by atoms with van der Waals surface area (Å²) in [6.45, 7) is 1.69. The van der Waals surface area contributed by atoms with Gasteiger partial charge in [-0.1, -0.05) is 42.5 Å². The molecule has 0 spiro atoms. The molecular weight excluding hydrogens is 502 g/mol. The smallest absolute Gasteiger partial charge is 0.243 e. The predicted octanol–water partition coefficient (Wildman–Crippen LogP) is -0.210. The third kappa shape index (κ3) is 11.5. The molecule has 0 saturated carbocycles. The molecule has 0 aliphatic heterocycles. The first-order chi connectivity index (χ1) is 18.5. The van der Waals surface area contributed by atoms with Gasteiger partial charge in [0, 0.05) is 26.3 Å². The zero-order valence-electron chi connectivity index (χ0n) is 21.9. The zero-order chi connectivity index (χ0) is 28.8. The molecule has 0 heterocycles. The SMILES string of the molecule is CC(=O)N[C@H](Cc1ccc(O)cc1)C(=O)N[C@H](CCCCNC(=N)N)C(=O)N[C@H](Cc1ccccc1)C(N)=O. The molecule has 210 valence electrons. The number of carbonyl (C=O) groups excluding carboxylic acids is 4. The second kappa shape index (κ2) is 15.6. The van der Waals surface area contributed by atoms with Crippen LogP contribution in [0, 0.1) is 5.41 Å². The molecule has 12 heteroatoms. The molecular formula is C27H37N7O5. The molecule has 0 bridgehead atoms. The van der Waals surface area contributed by atoms with Crippen molar-refractivity contribution in [2.45, 2.75) is 57.2 Å². The standard InChI is InChI=1S/C27H37N7O5/c1-17(35)32-23(16-19-10-12-20(36)13-11-19)26(39)33-21(9-5-6-14-31-27(29)30)25(38)34-22(24(28)37)15-18-7-3-2-4-8-18/h2-4,7-8,10-13,21-23,36H,5-6,9,14-16H2,1H3,(H2,28,37)(H,32,35)(H,33,39)(H,34,38)(H4,29,30,31)/t21-,22-,23-/m1/s1. The minimum atomic E-state index is -1.02. The van der Waals surface area contributed by atoms with Gasteiger partial charge >= 0.3 is 0 Å². The Morgan fingerprint density at radius 2 is 1.36 bits per heavy atom. The second-order valence-electron chi connectivity index (χ2n) is 9.17. The number of carbonyl (C=O) groups is 4. The van der Waals surface area contributed by atoms with Crippen LogP contribution in [0.25, 0.3) is 0 Å². The van der Waals surface area contributed by atoms with Crippen molar-refractivity contribution in [3.63, 3.8) is 0 Å². The first-order valence-electron chi connectivity index (χ1n) is 12.6. The summed E-state index contributed by atoms with van der Waals surface area (Å²) in [6, 6.07) is 12.3. The van der Waals surface area contributed by atoms with Crippen LogP contribution in [0.2, 0.25) is 0 Å². The number of amides is 4. The number of phenols is 1. The Kier molecular flexibility index (Phi) is 12.2. The number of hydrogen-bond donors (Lipinski definition) is 8.